The third-order valence-electron chi connectivity index (χ3n) is 3.52. The minimum absolute atomic E-state index is 0.252. The summed E-state index contributed by atoms with van der Waals surface area (Å²) in [6.07, 6.45) is 3.05. The van der Waals surface area contributed by atoms with Crippen molar-refractivity contribution >= 4 is 0 Å². The van der Waals surface area contributed by atoms with Gasteiger partial charge < -0.3 is 5.11 Å². The first-order valence-electron chi connectivity index (χ1n) is 6.38. The highest BCUT2D eigenvalue weighted by atomic mass is 16.3. The van der Waals surface area contributed by atoms with Gasteiger partial charge in [0.2, 0.25) is 0 Å². The van der Waals surface area contributed by atoms with Gasteiger partial charge in [-0.1, -0.05) is 33.8 Å². The van der Waals surface area contributed by atoms with E-state index in [0.717, 1.165) is 17.7 Å². The molecule has 1 heterocycles. The molecule has 96 valence electrons. The van der Waals surface area contributed by atoms with Gasteiger partial charge in [0.25, 0.3) is 0 Å². The molecule has 0 aliphatic carbocycles. The minimum atomic E-state index is -0.292. The van der Waals surface area contributed by atoms with E-state index in [4.69, 9.17) is 0 Å². The molecule has 2 atom stereocenters. The summed E-state index contributed by atoms with van der Waals surface area (Å²) in [6, 6.07) is 4.04. The number of aryl methyl sites for hydroxylation is 1. The van der Waals surface area contributed by atoms with Crippen LogP contribution in [0.5, 0.6) is 0 Å². The second-order valence-electron chi connectivity index (χ2n) is 6.19. The monoisotopic (exact) mass is 235 g/mol. The highest BCUT2D eigenvalue weighted by Crippen LogP contribution is 2.29. The van der Waals surface area contributed by atoms with Crippen molar-refractivity contribution in [2.75, 3.05) is 0 Å². The Morgan fingerprint density at radius 3 is 2.41 bits per heavy atom. The SMILES string of the molecule is Cc1ccc(CC(O)CC(C)C(C)(C)C)nc1. The molecule has 17 heavy (non-hydrogen) atoms. The van der Waals surface area contributed by atoms with E-state index in [1.54, 1.807) is 0 Å². The van der Waals surface area contributed by atoms with E-state index >= 15 is 0 Å². The van der Waals surface area contributed by atoms with Crippen LogP contribution >= 0.6 is 0 Å². The van der Waals surface area contributed by atoms with Crippen LogP contribution in [0.4, 0.5) is 0 Å². The Morgan fingerprint density at radius 2 is 1.94 bits per heavy atom. The molecule has 0 saturated carbocycles. The van der Waals surface area contributed by atoms with Crippen molar-refractivity contribution in [2.45, 2.75) is 53.6 Å². The highest BCUT2D eigenvalue weighted by molar-refractivity contribution is 5.12. The zero-order valence-corrected chi connectivity index (χ0v) is 11.7. The number of pyridine rings is 1. The molecule has 0 fully saturated rings. The average Bonchev–Trinajstić information content (AvgIpc) is 2.20. The molecule has 1 N–H and O–H groups in total. The van der Waals surface area contributed by atoms with Crippen LogP contribution in [-0.2, 0) is 6.42 Å². The fraction of sp³-hybridized carbons (Fsp3) is 0.667. The van der Waals surface area contributed by atoms with Crippen LogP contribution in [0.1, 0.15) is 45.4 Å². The second-order valence-corrected chi connectivity index (χ2v) is 6.19. The quantitative estimate of drug-likeness (QED) is 0.868. The molecule has 1 aromatic heterocycles. The number of nitrogens with zero attached hydrogens (tertiary/aromatic N) is 1. The molecule has 0 aliphatic heterocycles. The third kappa shape index (κ3) is 4.86. The molecule has 1 aromatic rings. The maximum absolute atomic E-state index is 10.1. The number of hydrogen-bond donors (Lipinski definition) is 1. The summed E-state index contributed by atoms with van der Waals surface area (Å²) in [5, 5.41) is 10.1. The van der Waals surface area contributed by atoms with Crippen molar-refractivity contribution in [1.82, 2.24) is 4.98 Å². The van der Waals surface area contributed by atoms with Crippen molar-refractivity contribution in [3.8, 4) is 0 Å². The van der Waals surface area contributed by atoms with Crippen LogP contribution in [0, 0.1) is 18.3 Å². The Balaban J connectivity index is 2.50. The Morgan fingerprint density at radius 1 is 1.29 bits per heavy atom. The summed E-state index contributed by atoms with van der Waals surface area (Å²) < 4.78 is 0. The Hall–Kier alpha value is -0.890. The van der Waals surface area contributed by atoms with Gasteiger partial charge >= 0.3 is 0 Å². The van der Waals surface area contributed by atoms with Gasteiger partial charge in [-0.3, -0.25) is 4.98 Å². The number of aromatic nitrogens is 1. The molecule has 1 rings (SSSR count). The van der Waals surface area contributed by atoms with Crippen molar-refractivity contribution in [1.29, 1.82) is 0 Å². The molecule has 0 radical (unpaired) electrons. The lowest BCUT2D eigenvalue weighted by Gasteiger charge is -2.29. The smallest absolute Gasteiger partial charge is 0.0598 e. The first-order chi connectivity index (χ1) is 7.79. The largest absolute Gasteiger partial charge is 0.393 e. The zero-order chi connectivity index (χ0) is 13.1. The Bertz CT molecular complexity index is 337. The summed E-state index contributed by atoms with van der Waals surface area (Å²) in [5.74, 6) is 0.503. The van der Waals surface area contributed by atoms with Gasteiger partial charge in [0, 0.05) is 18.3 Å². The van der Waals surface area contributed by atoms with Gasteiger partial charge in [-0.25, -0.2) is 0 Å². The lowest BCUT2D eigenvalue weighted by atomic mass is 9.78. The molecular formula is C15H25NO. The van der Waals surface area contributed by atoms with E-state index in [1.807, 2.05) is 25.3 Å². The molecule has 0 aromatic carbocycles. The standard InChI is InChI=1S/C15H25NO/c1-11-6-7-13(16-10-11)9-14(17)8-12(2)15(3,4)5/h6-7,10,12,14,17H,8-9H2,1-5H3. The predicted molar refractivity (Wildman–Crippen MR) is 71.9 cm³/mol. The lowest BCUT2D eigenvalue weighted by molar-refractivity contribution is 0.109. The fourth-order valence-corrected chi connectivity index (χ4v) is 1.71. The first-order valence-corrected chi connectivity index (χ1v) is 6.38. The molecule has 2 heteroatoms. The van der Waals surface area contributed by atoms with Crippen LogP contribution < -0.4 is 0 Å². The topological polar surface area (TPSA) is 33.1 Å². The summed E-state index contributed by atoms with van der Waals surface area (Å²) in [6.45, 7) is 10.9. The maximum atomic E-state index is 10.1. The van der Waals surface area contributed by atoms with E-state index in [1.165, 1.54) is 0 Å². The summed E-state index contributed by atoms with van der Waals surface area (Å²) >= 11 is 0. The van der Waals surface area contributed by atoms with E-state index in [0.29, 0.717) is 12.3 Å². The van der Waals surface area contributed by atoms with Gasteiger partial charge in [-0.15, -0.1) is 0 Å². The zero-order valence-electron chi connectivity index (χ0n) is 11.7. The number of aliphatic hydroxyl groups excluding tert-OH is 1. The van der Waals surface area contributed by atoms with Crippen molar-refractivity contribution in [2.24, 2.45) is 11.3 Å². The lowest BCUT2D eigenvalue weighted by Crippen LogP contribution is -2.24. The van der Waals surface area contributed by atoms with Crippen molar-refractivity contribution in [3.63, 3.8) is 0 Å². The maximum Gasteiger partial charge on any atom is 0.0598 e. The van der Waals surface area contributed by atoms with Gasteiger partial charge in [0.1, 0.15) is 0 Å². The van der Waals surface area contributed by atoms with Gasteiger partial charge in [-0.05, 0) is 36.3 Å². The molecule has 0 spiro atoms. The molecule has 2 unspecified atom stereocenters. The number of rotatable bonds is 4. The van der Waals surface area contributed by atoms with Gasteiger partial charge in [0.05, 0.1) is 6.10 Å². The molecule has 0 amide bonds. The van der Waals surface area contributed by atoms with Crippen LogP contribution in [0.15, 0.2) is 18.3 Å². The first kappa shape index (κ1) is 14.2. The normalized spacial score (nSPS) is 15.6. The highest BCUT2D eigenvalue weighted by Gasteiger charge is 2.22. The van der Waals surface area contributed by atoms with Gasteiger partial charge in [-0.2, -0.15) is 0 Å². The van der Waals surface area contributed by atoms with E-state index < -0.39 is 0 Å². The fourth-order valence-electron chi connectivity index (χ4n) is 1.71. The molecule has 0 aliphatic rings. The minimum Gasteiger partial charge on any atom is -0.393 e. The third-order valence-corrected chi connectivity index (χ3v) is 3.52. The van der Waals surface area contributed by atoms with E-state index in [2.05, 4.69) is 32.7 Å². The Labute approximate surface area is 105 Å². The van der Waals surface area contributed by atoms with Gasteiger partial charge in [0.15, 0.2) is 0 Å². The molecule has 0 bridgehead atoms. The van der Waals surface area contributed by atoms with E-state index in [-0.39, 0.29) is 11.5 Å². The second kappa shape index (κ2) is 5.63. The van der Waals surface area contributed by atoms with Crippen LogP contribution in [0.25, 0.3) is 0 Å². The summed E-state index contributed by atoms with van der Waals surface area (Å²) in [5.41, 5.74) is 2.39. The Kier molecular flexibility index (Phi) is 4.70. The summed E-state index contributed by atoms with van der Waals surface area (Å²) in [7, 11) is 0. The average molecular weight is 235 g/mol. The predicted octanol–water partition coefficient (Wildman–Crippen LogP) is 3.37. The number of hydrogen-bond acceptors (Lipinski definition) is 2. The van der Waals surface area contributed by atoms with Crippen molar-refractivity contribution in [3.05, 3.63) is 29.6 Å². The number of aliphatic hydroxyl groups is 1. The van der Waals surface area contributed by atoms with Crippen molar-refractivity contribution < 1.29 is 5.11 Å². The molecule has 2 nitrogen and oxygen atoms in total. The van der Waals surface area contributed by atoms with E-state index in [9.17, 15) is 5.11 Å². The van der Waals surface area contributed by atoms with Crippen LogP contribution in [0.2, 0.25) is 0 Å². The summed E-state index contributed by atoms with van der Waals surface area (Å²) in [4.78, 5) is 4.33. The molecule has 0 saturated heterocycles. The van der Waals surface area contributed by atoms with Crippen LogP contribution in [0.3, 0.4) is 0 Å². The van der Waals surface area contributed by atoms with Crippen LogP contribution in [-0.4, -0.2) is 16.2 Å². The molecular weight excluding hydrogens is 210 g/mol.